The topological polar surface area (TPSA) is 79.0 Å². The van der Waals surface area contributed by atoms with Gasteiger partial charge in [0.1, 0.15) is 5.82 Å². The number of rotatable bonds is 3. The highest BCUT2D eigenvalue weighted by molar-refractivity contribution is 5.76. The van der Waals surface area contributed by atoms with E-state index in [1.54, 1.807) is 24.5 Å². The van der Waals surface area contributed by atoms with Crippen LogP contribution in [0.3, 0.4) is 0 Å². The summed E-state index contributed by atoms with van der Waals surface area (Å²) in [5, 5.41) is 0. The van der Waals surface area contributed by atoms with Gasteiger partial charge >= 0.3 is 6.18 Å². The number of hydrogen-bond donors (Lipinski definition) is 1. The normalized spacial score (nSPS) is 14.3. The molecule has 2 aromatic heterocycles. The Morgan fingerprint density at radius 3 is 2.84 bits per heavy atom. The van der Waals surface area contributed by atoms with Crippen LogP contribution in [0.15, 0.2) is 29.3 Å². The first-order chi connectivity index (χ1) is 11.8. The monoisotopic (exact) mass is 352 g/mol. The third kappa shape index (κ3) is 4.04. The van der Waals surface area contributed by atoms with Gasteiger partial charge in [0.2, 0.25) is 5.91 Å². The van der Waals surface area contributed by atoms with Crippen molar-refractivity contribution in [3.05, 3.63) is 46.1 Å². The van der Waals surface area contributed by atoms with Crippen LogP contribution >= 0.6 is 0 Å². The number of aromatic nitrogens is 3. The molecule has 2 aromatic rings. The fourth-order valence-electron chi connectivity index (χ4n) is 2.70. The quantitative estimate of drug-likeness (QED) is 0.917. The number of carbonyl (C=O) groups is 1. The maximum atomic E-state index is 12.3. The van der Waals surface area contributed by atoms with E-state index in [-0.39, 0.29) is 25.1 Å². The summed E-state index contributed by atoms with van der Waals surface area (Å²) < 4.78 is 36.8. The van der Waals surface area contributed by atoms with Crippen molar-refractivity contribution in [3.63, 3.8) is 0 Å². The fourth-order valence-corrected chi connectivity index (χ4v) is 2.70. The van der Waals surface area contributed by atoms with E-state index in [4.69, 9.17) is 0 Å². The van der Waals surface area contributed by atoms with Crippen LogP contribution in [0.2, 0.25) is 0 Å². The minimum Gasteiger partial charge on any atom is -0.336 e. The van der Waals surface area contributed by atoms with Gasteiger partial charge in [0.15, 0.2) is 0 Å². The summed E-state index contributed by atoms with van der Waals surface area (Å²) in [5.41, 5.74) is 1.19. The van der Waals surface area contributed by atoms with Crippen molar-refractivity contribution in [3.8, 4) is 11.4 Å². The summed E-state index contributed by atoms with van der Waals surface area (Å²) in [6, 6.07) is 3.43. The molecule has 1 N–H and O–H groups in total. The molecule has 0 radical (unpaired) electrons. The SMILES string of the molecule is O=C(CCC(F)(F)F)N1CCc2c(nc(-c3cccnc3)[nH]c2=O)C1. The first-order valence-electron chi connectivity index (χ1n) is 7.70. The van der Waals surface area contributed by atoms with E-state index in [9.17, 15) is 22.8 Å². The summed E-state index contributed by atoms with van der Waals surface area (Å²) in [5.74, 6) is -0.269. The zero-order valence-corrected chi connectivity index (χ0v) is 13.1. The van der Waals surface area contributed by atoms with Gasteiger partial charge in [0.05, 0.1) is 18.7 Å². The molecule has 0 saturated heterocycles. The van der Waals surface area contributed by atoms with Crippen LogP contribution in [0.25, 0.3) is 11.4 Å². The van der Waals surface area contributed by atoms with Crippen molar-refractivity contribution in [2.45, 2.75) is 32.0 Å². The number of amides is 1. The van der Waals surface area contributed by atoms with E-state index in [1.165, 1.54) is 4.90 Å². The molecule has 0 aromatic carbocycles. The number of H-pyrrole nitrogens is 1. The van der Waals surface area contributed by atoms with Crippen LogP contribution in [-0.2, 0) is 17.8 Å². The van der Waals surface area contributed by atoms with Crippen LogP contribution in [0.4, 0.5) is 13.2 Å². The zero-order chi connectivity index (χ0) is 18.0. The molecule has 3 heterocycles. The number of alkyl halides is 3. The molecule has 6 nitrogen and oxygen atoms in total. The maximum absolute atomic E-state index is 12.3. The van der Waals surface area contributed by atoms with Gasteiger partial charge in [0, 0.05) is 36.5 Å². The van der Waals surface area contributed by atoms with E-state index < -0.39 is 24.9 Å². The van der Waals surface area contributed by atoms with E-state index in [0.29, 0.717) is 22.6 Å². The van der Waals surface area contributed by atoms with Crippen LogP contribution in [0, 0.1) is 0 Å². The van der Waals surface area contributed by atoms with Gasteiger partial charge in [-0.05, 0) is 18.6 Å². The molecule has 0 aliphatic carbocycles. The van der Waals surface area contributed by atoms with Crippen molar-refractivity contribution < 1.29 is 18.0 Å². The Kier molecular flexibility index (Phi) is 4.56. The van der Waals surface area contributed by atoms with Crippen molar-refractivity contribution in [1.29, 1.82) is 0 Å². The molecular formula is C16H15F3N4O2. The molecule has 1 aliphatic rings. The average molecular weight is 352 g/mol. The third-order valence-corrected chi connectivity index (χ3v) is 3.98. The Labute approximate surface area is 140 Å². The van der Waals surface area contributed by atoms with E-state index >= 15 is 0 Å². The number of nitrogens with zero attached hydrogens (tertiary/aromatic N) is 3. The van der Waals surface area contributed by atoms with Gasteiger partial charge < -0.3 is 9.88 Å². The first-order valence-corrected chi connectivity index (χ1v) is 7.70. The van der Waals surface area contributed by atoms with Gasteiger partial charge in [-0.25, -0.2) is 4.98 Å². The number of pyridine rings is 1. The molecule has 25 heavy (non-hydrogen) atoms. The lowest BCUT2D eigenvalue weighted by Gasteiger charge is -2.28. The Morgan fingerprint density at radius 2 is 2.16 bits per heavy atom. The largest absolute Gasteiger partial charge is 0.389 e. The summed E-state index contributed by atoms with van der Waals surface area (Å²) >= 11 is 0. The Hall–Kier alpha value is -2.71. The van der Waals surface area contributed by atoms with Crippen molar-refractivity contribution in [1.82, 2.24) is 19.9 Å². The van der Waals surface area contributed by atoms with Crippen molar-refractivity contribution >= 4 is 5.91 Å². The summed E-state index contributed by atoms with van der Waals surface area (Å²) in [7, 11) is 0. The second-order valence-electron chi connectivity index (χ2n) is 5.76. The molecule has 3 rings (SSSR count). The van der Waals surface area contributed by atoms with E-state index in [2.05, 4.69) is 15.0 Å². The van der Waals surface area contributed by atoms with Gasteiger partial charge in [-0.2, -0.15) is 13.2 Å². The molecule has 0 spiro atoms. The Balaban J connectivity index is 1.81. The van der Waals surface area contributed by atoms with Gasteiger partial charge in [-0.15, -0.1) is 0 Å². The molecule has 132 valence electrons. The van der Waals surface area contributed by atoms with Crippen LogP contribution in [0.5, 0.6) is 0 Å². The predicted molar refractivity (Wildman–Crippen MR) is 82.5 cm³/mol. The molecule has 0 fully saturated rings. The van der Waals surface area contributed by atoms with Crippen LogP contribution < -0.4 is 5.56 Å². The number of carbonyl (C=O) groups excluding carboxylic acids is 1. The van der Waals surface area contributed by atoms with Crippen molar-refractivity contribution in [2.75, 3.05) is 6.54 Å². The number of hydrogen-bond acceptors (Lipinski definition) is 4. The Bertz CT molecular complexity index is 834. The van der Waals surface area contributed by atoms with Crippen LogP contribution in [0.1, 0.15) is 24.1 Å². The lowest BCUT2D eigenvalue weighted by atomic mass is 10.1. The third-order valence-electron chi connectivity index (χ3n) is 3.98. The van der Waals surface area contributed by atoms with E-state index in [1.807, 2.05) is 0 Å². The lowest BCUT2D eigenvalue weighted by Crippen LogP contribution is -2.39. The standard InChI is InChI=1S/C16H15F3N4O2/c17-16(18,19)5-3-13(24)23-7-4-11-12(9-23)21-14(22-15(11)25)10-2-1-6-20-8-10/h1-2,6,8H,3-5,7,9H2,(H,21,22,25). The predicted octanol–water partition coefficient (Wildman–Crippen LogP) is 2.06. The summed E-state index contributed by atoms with van der Waals surface area (Å²) in [4.78, 5) is 36.5. The highest BCUT2D eigenvalue weighted by Gasteiger charge is 2.30. The molecule has 0 bridgehead atoms. The molecule has 1 amide bonds. The lowest BCUT2D eigenvalue weighted by molar-refractivity contribution is -0.149. The minimum absolute atomic E-state index is 0.0310. The zero-order valence-electron chi connectivity index (χ0n) is 13.1. The fraction of sp³-hybridized carbons (Fsp3) is 0.375. The van der Waals surface area contributed by atoms with Gasteiger partial charge in [0.25, 0.3) is 5.56 Å². The second-order valence-corrected chi connectivity index (χ2v) is 5.76. The number of nitrogens with one attached hydrogen (secondary N) is 1. The van der Waals surface area contributed by atoms with Gasteiger partial charge in [-0.3, -0.25) is 14.6 Å². The van der Waals surface area contributed by atoms with E-state index in [0.717, 1.165) is 0 Å². The minimum atomic E-state index is -4.37. The molecule has 0 unspecified atom stereocenters. The average Bonchev–Trinajstić information content (AvgIpc) is 2.59. The first kappa shape index (κ1) is 17.1. The summed E-state index contributed by atoms with van der Waals surface area (Å²) in [6.07, 6.45) is -2.73. The molecule has 0 saturated carbocycles. The summed E-state index contributed by atoms with van der Waals surface area (Å²) in [6.45, 7) is 0.240. The van der Waals surface area contributed by atoms with Crippen molar-refractivity contribution in [2.24, 2.45) is 0 Å². The number of fused-ring (bicyclic) bond motifs is 1. The van der Waals surface area contributed by atoms with Crippen LogP contribution in [-0.4, -0.2) is 38.5 Å². The smallest absolute Gasteiger partial charge is 0.336 e. The second kappa shape index (κ2) is 6.66. The number of halogens is 3. The highest BCUT2D eigenvalue weighted by atomic mass is 19.4. The molecule has 1 aliphatic heterocycles. The maximum Gasteiger partial charge on any atom is 0.389 e. The van der Waals surface area contributed by atoms with Gasteiger partial charge in [-0.1, -0.05) is 0 Å². The highest BCUT2D eigenvalue weighted by Crippen LogP contribution is 2.23. The number of aromatic amines is 1. The molecular weight excluding hydrogens is 337 g/mol. The molecule has 0 atom stereocenters. The molecule has 9 heteroatoms. The Morgan fingerprint density at radius 1 is 1.36 bits per heavy atom.